The van der Waals surface area contributed by atoms with Crippen LogP contribution in [0.5, 0.6) is 5.88 Å². The average Bonchev–Trinajstić information content (AvgIpc) is 3.05. The van der Waals surface area contributed by atoms with Crippen LogP contribution in [-0.4, -0.2) is 15.2 Å². The van der Waals surface area contributed by atoms with E-state index in [1.165, 1.54) is 12.1 Å². The Morgan fingerprint density at radius 3 is 2.56 bits per heavy atom. The fourth-order valence-corrected chi connectivity index (χ4v) is 2.97. The minimum atomic E-state index is -0.503. The smallest absolute Gasteiger partial charge is 0.244 e. The second-order valence-corrected chi connectivity index (χ2v) is 5.53. The summed E-state index contributed by atoms with van der Waals surface area (Å²) in [6.45, 7) is 0. The zero-order valence-electron chi connectivity index (χ0n) is 12.9. The largest absolute Gasteiger partial charge is 0.420 e. The van der Waals surface area contributed by atoms with Crippen molar-refractivity contribution in [3.05, 3.63) is 77.2 Å². The number of hydrogen-bond donors (Lipinski definition) is 2. The van der Waals surface area contributed by atoms with Gasteiger partial charge in [0.15, 0.2) is 0 Å². The van der Waals surface area contributed by atoms with Crippen molar-refractivity contribution in [1.29, 1.82) is 5.26 Å². The molecule has 7 heteroatoms. The van der Waals surface area contributed by atoms with Gasteiger partial charge in [0.2, 0.25) is 11.8 Å². The van der Waals surface area contributed by atoms with Crippen molar-refractivity contribution in [3.63, 3.8) is 0 Å². The van der Waals surface area contributed by atoms with Crippen LogP contribution in [0.15, 0.2) is 60.2 Å². The number of nitrogens with one attached hydrogen (secondary N) is 1. The lowest BCUT2D eigenvalue weighted by atomic mass is 9.83. The Balaban J connectivity index is 1.95. The fourth-order valence-electron chi connectivity index (χ4n) is 2.97. The molecule has 0 saturated heterocycles. The predicted molar refractivity (Wildman–Crippen MR) is 87.5 cm³/mol. The molecule has 25 heavy (non-hydrogen) atoms. The predicted octanol–water partition coefficient (Wildman–Crippen LogP) is 2.83. The van der Waals surface area contributed by atoms with Crippen molar-refractivity contribution in [2.75, 3.05) is 0 Å². The topological polar surface area (TPSA) is 101 Å². The first kappa shape index (κ1) is 14.9. The summed E-state index contributed by atoms with van der Waals surface area (Å²) in [4.78, 5) is 4.01. The molecule has 4 rings (SSSR count). The highest BCUT2D eigenvalue weighted by Gasteiger charge is 2.35. The number of pyridine rings is 1. The second-order valence-electron chi connectivity index (χ2n) is 5.53. The molecule has 3 aromatic rings. The van der Waals surface area contributed by atoms with Crippen LogP contribution >= 0.6 is 0 Å². The standard InChI is InChI=1S/C18H12FN5O/c19-12-3-1-10(2-4-12)14-13(9-20)17(21)25-18-15(14)16(23-24-18)11-5-7-22-8-6-11/h1-8,14H,21H2,(H,23,24)/t14-/m0/s1. The van der Waals surface area contributed by atoms with Gasteiger partial charge < -0.3 is 10.5 Å². The van der Waals surface area contributed by atoms with Gasteiger partial charge in [-0.25, -0.2) is 4.39 Å². The summed E-state index contributed by atoms with van der Waals surface area (Å²) in [5.74, 6) is -0.556. The van der Waals surface area contributed by atoms with E-state index >= 15 is 0 Å². The van der Waals surface area contributed by atoms with Crippen molar-refractivity contribution in [2.24, 2.45) is 5.73 Å². The van der Waals surface area contributed by atoms with Gasteiger partial charge in [-0.1, -0.05) is 12.1 Å². The lowest BCUT2D eigenvalue weighted by Gasteiger charge is -2.24. The van der Waals surface area contributed by atoms with Crippen molar-refractivity contribution in [3.8, 4) is 23.2 Å². The van der Waals surface area contributed by atoms with Gasteiger partial charge in [0, 0.05) is 18.0 Å². The zero-order valence-corrected chi connectivity index (χ0v) is 12.9. The summed E-state index contributed by atoms with van der Waals surface area (Å²) in [6, 6.07) is 11.7. The normalized spacial score (nSPS) is 16.1. The quantitative estimate of drug-likeness (QED) is 0.751. The molecule has 0 aliphatic carbocycles. The van der Waals surface area contributed by atoms with E-state index in [0.29, 0.717) is 17.1 Å². The summed E-state index contributed by atoms with van der Waals surface area (Å²) < 4.78 is 18.9. The molecule has 0 spiro atoms. The van der Waals surface area contributed by atoms with E-state index in [-0.39, 0.29) is 17.3 Å². The molecule has 0 fully saturated rings. The first-order chi connectivity index (χ1) is 12.2. The number of hydrogen-bond acceptors (Lipinski definition) is 5. The molecular formula is C18H12FN5O. The van der Waals surface area contributed by atoms with Gasteiger partial charge >= 0.3 is 0 Å². The van der Waals surface area contributed by atoms with E-state index < -0.39 is 5.92 Å². The molecule has 3 N–H and O–H groups in total. The SMILES string of the molecule is N#CC1=C(N)Oc2n[nH]c(-c3ccncc3)c2[C@H]1c1ccc(F)cc1. The van der Waals surface area contributed by atoms with Gasteiger partial charge in [-0.05, 0) is 29.8 Å². The summed E-state index contributed by atoms with van der Waals surface area (Å²) in [5, 5.41) is 16.7. The van der Waals surface area contributed by atoms with Gasteiger partial charge in [0.25, 0.3) is 0 Å². The molecule has 0 unspecified atom stereocenters. The third kappa shape index (κ3) is 2.40. The molecule has 122 valence electrons. The minimum absolute atomic E-state index is 0.00268. The summed E-state index contributed by atoms with van der Waals surface area (Å²) in [7, 11) is 0. The number of benzene rings is 1. The van der Waals surface area contributed by atoms with Crippen LogP contribution in [0.4, 0.5) is 4.39 Å². The highest BCUT2D eigenvalue weighted by molar-refractivity contribution is 5.70. The molecule has 0 amide bonds. The number of nitrogens with two attached hydrogens (primary N) is 1. The number of H-pyrrole nitrogens is 1. The maximum absolute atomic E-state index is 13.3. The molecule has 0 saturated carbocycles. The van der Waals surface area contributed by atoms with Crippen molar-refractivity contribution in [1.82, 2.24) is 15.2 Å². The Labute approximate surface area is 142 Å². The zero-order chi connectivity index (χ0) is 17.4. The Morgan fingerprint density at radius 2 is 1.88 bits per heavy atom. The number of nitrogens with zero attached hydrogens (tertiary/aromatic N) is 3. The number of rotatable bonds is 2. The lowest BCUT2D eigenvalue weighted by Crippen LogP contribution is -2.21. The van der Waals surface area contributed by atoms with Crippen LogP contribution in [-0.2, 0) is 0 Å². The molecule has 1 aromatic carbocycles. The van der Waals surface area contributed by atoms with Crippen LogP contribution in [0, 0.1) is 17.1 Å². The van der Waals surface area contributed by atoms with E-state index in [4.69, 9.17) is 10.5 Å². The van der Waals surface area contributed by atoms with E-state index in [9.17, 15) is 9.65 Å². The molecule has 1 aliphatic rings. The van der Waals surface area contributed by atoms with Gasteiger partial charge in [-0.3, -0.25) is 10.1 Å². The van der Waals surface area contributed by atoms with Gasteiger partial charge in [-0.2, -0.15) is 5.26 Å². The van der Waals surface area contributed by atoms with E-state index in [1.54, 1.807) is 24.5 Å². The minimum Gasteiger partial charge on any atom is -0.420 e. The lowest BCUT2D eigenvalue weighted by molar-refractivity contribution is 0.379. The van der Waals surface area contributed by atoms with Crippen LogP contribution in [0.2, 0.25) is 0 Å². The van der Waals surface area contributed by atoms with Gasteiger partial charge in [-0.15, -0.1) is 5.10 Å². The summed E-state index contributed by atoms with van der Waals surface area (Å²) in [6.07, 6.45) is 3.32. The van der Waals surface area contributed by atoms with E-state index in [1.807, 2.05) is 12.1 Å². The first-order valence-electron chi connectivity index (χ1n) is 7.50. The van der Waals surface area contributed by atoms with E-state index in [2.05, 4.69) is 21.3 Å². The molecule has 0 bridgehead atoms. The van der Waals surface area contributed by atoms with E-state index in [0.717, 1.165) is 11.1 Å². The van der Waals surface area contributed by atoms with Crippen LogP contribution in [0.1, 0.15) is 17.0 Å². The number of aromatic nitrogens is 3. The summed E-state index contributed by atoms with van der Waals surface area (Å²) >= 11 is 0. The third-order valence-corrected chi connectivity index (χ3v) is 4.11. The fraction of sp³-hybridized carbons (Fsp3) is 0.0556. The third-order valence-electron chi connectivity index (χ3n) is 4.11. The highest BCUT2D eigenvalue weighted by Crippen LogP contribution is 2.45. The maximum Gasteiger partial charge on any atom is 0.244 e. The Morgan fingerprint density at radius 1 is 1.16 bits per heavy atom. The van der Waals surface area contributed by atoms with Crippen LogP contribution in [0.3, 0.4) is 0 Å². The number of nitriles is 1. The molecule has 1 atom stereocenters. The number of allylic oxidation sites excluding steroid dienone is 1. The second kappa shape index (κ2) is 5.76. The molecule has 0 radical (unpaired) electrons. The molecule has 2 aromatic heterocycles. The highest BCUT2D eigenvalue weighted by atomic mass is 19.1. The van der Waals surface area contributed by atoms with Crippen molar-refractivity contribution < 1.29 is 9.13 Å². The molecule has 1 aliphatic heterocycles. The molecule has 6 nitrogen and oxygen atoms in total. The Bertz CT molecular complexity index is 1000. The van der Waals surface area contributed by atoms with Crippen LogP contribution < -0.4 is 10.5 Å². The average molecular weight is 333 g/mol. The molecular weight excluding hydrogens is 321 g/mol. The van der Waals surface area contributed by atoms with Crippen LogP contribution in [0.25, 0.3) is 11.3 Å². The summed E-state index contributed by atoms with van der Waals surface area (Å²) in [5.41, 5.74) is 9.12. The van der Waals surface area contributed by atoms with Gasteiger partial charge in [0.1, 0.15) is 17.5 Å². The van der Waals surface area contributed by atoms with Crippen molar-refractivity contribution in [2.45, 2.75) is 5.92 Å². The number of aromatic amines is 1. The first-order valence-corrected chi connectivity index (χ1v) is 7.50. The number of fused-ring (bicyclic) bond motifs is 1. The molecule has 3 heterocycles. The van der Waals surface area contributed by atoms with Crippen molar-refractivity contribution >= 4 is 0 Å². The maximum atomic E-state index is 13.3. The number of ether oxygens (including phenoxy) is 1. The number of halogens is 1. The monoisotopic (exact) mass is 333 g/mol. The Kier molecular flexibility index (Phi) is 3.43. The Hall–Kier alpha value is -3.66. The van der Waals surface area contributed by atoms with Gasteiger partial charge in [0.05, 0.1) is 17.2 Å².